The molecule has 0 aliphatic heterocycles. The van der Waals surface area contributed by atoms with Gasteiger partial charge in [-0.3, -0.25) is 4.79 Å². The topological polar surface area (TPSA) is 73.9 Å². The number of esters is 1. The van der Waals surface area contributed by atoms with Gasteiger partial charge in [0.25, 0.3) is 5.91 Å². The van der Waals surface area contributed by atoms with Crippen LogP contribution >= 0.6 is 0 Å². The lowest BCUT2D eigenvalue weighted by Crippen LogP contribution is -2.23. The van der Waals surface area contributed by atoms with Crippen molar-refractivity contribution in [2.45, 2.75) is 6.92 Å². The van der Waals surface area contributed by atoms with E-state index in [0.717, 1.165) is 16.5 Å². The zero-order valence-corrected chi connectivity index (χ0v) is 15.5. The molecular weight excluding hydrogens is 358 g/mol. The van der Waals surface area contributed by atoms with Gasteiger partial charge in [0.2, 0.25) is 0 Å². The van der Waals surface area contributed by atoms with E-state index in [2.05, 4.69) is 5.32 Å². The van der Waals surface area contributed by atoms with Crippen molar-refractivity contribution in [3.8, 4) is 11.5 Å². The van der Waals surface area contributed by atoms with Crippen LogP contribution in [0.4, 0.5) is 5.69 Å². The minimum Gasteiger partial charge on any atom is -0.494 e. The van der Waals surface area contributed by atoms with Crippen LogP contribution in [0, 0.1) is 0 Å². The first-order valence-electron chi connectivity index (χ1n) is 8.94. The molecule has 6 heteroatoms. The van der Waals surface area contributed by atoms with E-state index in [1.807, 2.05) is 43.3 Å². The van der Waals surface area contributed by atoms with Crippen molar-refractivity contribution >= 4 is 28.3 Å². The summed E-state index contributed by atoms with van der Waals surface area (Å²) in [5.41, 5.74) is 0.594. The summed E-state index contributed by atoms with van der Waals surface area (Å²) < 4.78 is 15.7. The van der Waals surface area contributed by atoms with Crippen LogP contribution in [0.1, 0.15) is 6.92 Å². The molecule has 0 saturated carbocycles. The molecule has 0 fully saturated rings. The molecule has 28 heavy (non-hydrogen) atoms. The van der Waals surface area contributed by atoms with Crippen molar-refractivity contribution < 1.29 is 23.8 Å². The molecule has 1 N–H and O–H groups in total. The van der Waals surface area contributed by atoms with Crippen LogP contribution in [-0.2, 0) is 14.3 Å². The third-order valence-electron chi connectivity index (χ3n) is 3.89. The smallest absolute Gasteiger partial charge is 0.344 e. The van der Waals surface area contributed by atoms with Crippen LogP contribution in [0.5, 0.6) is 11.5 Å². The Bertz CT molecular complexity index is 953. The fourth-order valence-electron chi connectivity index (χ4n) is 2.59. The number of carbonyl (C=O) groups is 2. The Morgan fingerprint density at radius 2 is 1.54 bits per heavy atom. The van der Waals surface area contributed by atoms with Crippen molar-refractivity contribution in [3.63, 3.8) is 0 Å². The Morgan fingerprint density at radius 1 is 0.821 bits per heavy atom. The molecule has 0 saturated heterocycles. The second-order valence-electron chi connectivity index (χ2n) is 5.96. The molecule has 0 aliphatic carbocycles. The summed E-state index contributed by atoms with van der Waals surface area (Å²) in [6.45, 7) is 1.82. The maximum Gasteiger partial charge on any atom is 0.344 e. The highest BCUT2D eigenvalue weighted by atomic mass is 16.6. The average molecular weight is 379 g/mol. The fourth-order valence-corrected chi connectivity index (χ4v) is 2.59. The first-order chi connectivity index (χ1) is 13.6. The molecule has 1 amide bonds. The molecule has 0 heterocycles. The average Bonchev–Trinajstić information content (AvgIpc) is 2.72. The van der Waals surface area contributed by atoms with Crippen LogP contribution in [0.3, 0.4) is 0 Å². The third kappa shape index (κ3) is 5.48. The predicted octanol–water partition coefficient (Wildman–Crippen LogP) is 3.80. The normalized spacial score (nSPS) is 10.3. The van der Waals surface area contributed by atoms with E-state index in [1.165, 1.54) is 0 Å². The van der Waals surface area contributed by atoms with Gasteiger partial charge in [-0.25, -0.2) is 4.79 Å². The van der Waals surface area contributed by atoms with E-state index in [0.29, 0.717) is 18.0 Å². The van der Waals surface area contributed by atoms with Gasteiger partial charge >= 0.3 is 5.97 Å². The summed E-state index contributed by atoms with van der Waals surface area (Å²) in [4.78, 5) is 23.7. The highest BCUT2D eigenvalue weighted by Gasteiger charge is 2.09. The Morgan fingerprint density at radius 3 is 2.29 bits per heavy atom. The summed E-state index contributed by atoms with van der Waals surface area (Å²) in [7, 11) is 0. The summed E-state index contributed by atoms with van der Waals surface area (Å²) >= 11 is 0. The van der Waals surface area contributed by atoms with Crippen molar-refractivity contribution in [2.75, 3.05) is 25.1 Å². The molecule has 3 aromatic rings. The highest BCUT2D eigenvalue weighted by Crippen LogP contribution is 2.20. The molecule has 0 unspecified atom stereocenters. The van der Waals surface area contributed by atoms with E-state index in [4.69, 9.17) is 14.2 Å². The number of fused-ring (bicyclic) bond motifs is 1. The maximum atomic E-state index is 11.9. The van der Waals surface area contributed by atoms with Crippen molar-refractivity contribution in [2.24, 2.45) is 0 Å². The van der Waals surface area contributed by atoms with Gasteiger partial charge in [0.15, 0.2) is 13.2 Å². The number of carbonyl (C=O) groups excluding carboxylic acids is 2. The van der Waals surface area contributed by atoms with Crippen molar-refractivity contribution in [1.82, 2.24) is 0 Å². The van der Waals surface area contributed by atoms with Gasteiger partial charge in [-0.15, -0.1) is 0 Å². The van der Waals surface area contributed by atoms with E-state index < -0.39 is 11.9 Å². The van der Waals surface area contributed by atoms with Crippen molar-refractivity contribution in [3.05, 3.63) is 66.7 Å². The summed E-state index contributed by atoms with van der Waals surface area (Å²) in [5.74, 6) is 0.241. The largest absolute Gasteiger partial charge is 0.494 e. The first kappa shape index (κ1) is 19.2. The lowest BCUT2D eigenvalue weighted by molar-refractivity contribution is -0.149. The number of hydrogen-bond acceptors (Lipinski definition) is 5. The standard InChI is InChI=1S/C22H21NO5/c1-2-26-19-11-8-18(9-12-19)23-21(24)14-28-22(25)15-27-20-10-7-16-5-3-4-6-17(16)13-20/h3-13H,2,14-15H2,1H3,(H,23,24). The molecule has 0 atom stereocenters. The Labute approximate surface area is 163 Å². The van der Waals surface area contributed by atoms with Gasteiger partial charge < -0.3 is 19.5 Å². The Balaban J connectivity index is 1.42. The molecule has 0 bridgehead atoms. The molecule has 0 radical (unpaired) electrons. The molecule has 0 spiro atoms. The Hall–Kier alpha value is -3.54. The van der Waals surface area contributed by atoms with Crippen LogP contribution in [0.15, 0.2) is 66.7 Å². The number of nitrogens with one attached hydrogen (secondary N) is 1. The minimum atomic E-state index is -0.616. The van der Waals surface area contributed by atoms with Gasteiger partial charge in [-0.05, 0) is 54.1 Å². The zero-order chi connectivity index (χ0) is 19.8. The third-order valence-corrected chi connectivity index (χ3v) is 3.89. The Kier molecular flexibility index (Phi) is 6.46. The summed E-state index contributed by atoms with van der Waals surface area (Å²) in [6.07, 6.45) is 0. The number of hydrogen-bond donors (Lipinski definition) is 1. The van der Waals surface area contributed by atoms with Gasteiger partial charge in [0, 0.05) is 5.69 Å². The van der Waals surface area contributed by atoms with Gasteiger partial charge in [0.05, 0.1) is 6.61 Å². The number of benzene rings is 3. The zero-order valence-electron chi connectivity index (χ0n) is 15.5. The van der Waals surface area contributed by atoms with E-state index >= 15 is 0 Å². The quantitative estimate of drug-likeness (QED) is 0.603. The SMILES string of the molecule is CCOc1ccc(NC(=O)COC(=O)COc2ccc3ccccc3c2)cc1. The molecule has 0 aliphatic rings. The number of anilines is 1. The summed E-state index contributed by atoms with van der Waals surface area (Å²) in [6, 6.07) is 20.3. The van der Waals surface area contributed by atoms with Gasteiger partial charge in [0.1, 0.15) is 11.5 Å². The minimum absolute atomic E-state index is 0.269. The highest BCUT2D eigenvalue weighted by molar-refractivity contribution is 5.92. The second-order valence-corrected chi connectivity index (χ2v) is 5.96. The van der Waals surface area contributed by atoms with Crippen LogP contribution in [0.25, 0.3) is 10.8 Å². The summed E-state index contributed by atoms with van der Waals surface area (Å²) in [5, 5.41) is 4.75. The van der Waals surface area contributed by atoms with Crippen LogP contribution < -0.4 is 14.8 Å². The molecule has 144 valence electrons. The van der Waals surface area contributed by atoms with Crippen LogP contribution in [-0.4, -0.2) is 31.7 Å². The monoisotopic (exact) mass is 379 g/mol. The van der Waals surface area contributed by atoms with Crippen LogP contribution in [0.2, 0.25) is 0 Å². The number of ether oxygens (including phenoxy) is 3. The van der Waals surface area contributed by atoms with E-state index in [9.17, 15) is 9.59 Å². The molecule has 3 rings (SSSR count). The van der Waals surface area contributed by atoms with Gasteiger partial charge in [-0.1, -0.05) is 30.3 Å². The lowest BCUT2D eigenvalue weighted by atomic mass is 10.1. The van der Waals surface area contributed by atoms with Crippen molar-refractivity contribution in [1.29, 1.82) is 0 Å². The molecule has 6 nitrogen and oxygen atoms in total. The van der Waals surface area contributed by atoms with E-state index in [-0.39, 0.29) is 13.2 Å². The molecular formula is C22H21NO5. The predicted molar refractivity (Wildman–Crippen MR) is 107 cm³/mol. The second kappa shape index (κ2) is 9.41. The maximum absolute atomic E-state index is 11.9. The fraction of sp³-hybridized carbons (Fsp3) is 0.182. The molecule has 0 aromatic heterocycles. The number of rotatable bonds is 8. The molecule has 3 aromatic carbocycles. The van der Waals surface area contributed by atoms with Gasteiger partial charge in [-0.2, -0.15) is 0 Å². The first-order valence-corrected chi connectivity index (χ1v) is 8.94. The lowest BCUT2D eigenvalue weighted by Gasteiger charge is -2.09. The van der Waals surface area contributed by atoms with E-state index in [1.54, 1.807) is 30.3 Å². The number of amides is 1.